The number of allylic oxidation sites excluding steroid dienone is 1. The molecule has 0 aliphatic carbocycles. The lowest BCUT2D eigenvalue weighted by Crippen LogP contribution is -2.40. The molecular formula is C21H18N8O7. The van der Waals surface area contributed by atoms with E-state index in [9.17, 15) is 35.1 Å². The van der Waals surface area contributed by atoms with E-state index in [0.29, 0.717) is 12.1 Å². The van der Waals surface area contributed by atoms with Gasteiger partial charge in [0, 0.05) is 37.4 Å². The monoisotopic (exact) mass is 494 g/mol. The Labute approximate surface area is 202 Å². The highest BCUT2D eigenvalue weighted by atomic mass is 16.6. The van der Waals surface area contributed by atoms with Crippen molar-refractivity contribution in [2.45, 2.75) is 5.92 Å². The van der Waals surface area contributed by atoms with E-state index in [0.717, 1.165) is 0 Å². The molecule has 1 atom stereocenters. The van der Waals surface area contributed by atoms with Crippen molar-refractivity contribution in [2.24, 2.45) is 10.8 Å². The van der Waals surface area contributed by atoms with E-state index in [-0.39, 0.29) is 46.4 Å². The van der Waals surface area contributed by atoms with Crippen molar-refractivity contribution in [3.05, 3.63) is 113 Å². The van der Waals surface area contributed by atoms with Gasteiger partial charge in [-0.2, -0.15) is 5.10 Å². The molecule has 184 valence electrons. The Morgan fingerprint density at radius 2 is 1.58 bits per heavy atom. The number of amides is 1. The van der Waals surface area contributed by atoms with Gasteiger partial charge in [-0.05, 0) is 23.3 Å². The van der Waals surface area contributed by atoms with E-state index in [1.165, 1.54) is 59.6 Å². The molecule has 0 radical (unpaired) electrons. The minimum absolute atomic E-state index is 0.0213. The molecule has 4 N–H and O–H groups in total. The van der Waals surface area contributed by atoms with Gasteiger partial charge in [-0.3, -0.25) is 35.1 Å². The maximum absolute atomic E-state index is 13.2. The molecule has 1 saturated heterocycles. The lowest BCUT2D eigenvalue weighted by atomic mass is 9.85. The third-order valence-electron chi connectivity index (χ3n) is 5.63. The maximum atomic E-state index is 13.2. The largest absolute Gasteiger partial charge is 0.385 e. The van der Waals surface area contributed by atoms with E-state index < -0.39 is 26.6 Å². The molecule has 36 heavy (non-hydrogen) atoms. The second-order valence-electron chi connectivity index (χ2n) is 7.70. The van der Waals surface area contributed by atoms with Crippen LogP contribution in [0.2, 0.25) is 0 Å². The molecule has 2 aromatic carbocycles. The van der Waals surface area contributed by atoms with Gasteiger partial charge in [-0.1, -0.05) is 12.1 Å². The van der Waals surface area contributed by atoms with Crippen molar-refractivity contribution in [2.75, 3.05) is 13.1 Å². The number of hydrogen-bond acceptors (Lipinski definition) is 11. The van der Waals surface area contributed by atoms with Gasteiger partial charge < -0.3 is 16.0 Å². The number of fused-ring (bicyclic) bond motifs is 1. The van der Waals surface area contributed by atoms with Gasteiger partial charge in [0.1, 0.15) is 11.7 Å². The smallest absolute Gasteiger partial charge is 0.298 e. The van der Waals surface area contributed by atoms with Gasteiger partial charge in [0.05, 0.1) is 26.6 Å². The second-order valence-corrected chi connectivity index (χ2v) is 7.70. The first-order chi connectivity index (χ1) is 17.2. The summed E-state index contributed by atoms with van der Waals surface area (Å²) in [5.74, 6) is -1.94. The normalized spacial score (nSPS) is 17.1. The zero-order chi connectivity index (χ0) is 26.0. The third kappa shape index (κ3) is 4.39. The van der Waals surface area contributed by atoms with Crippen LogP contribution in [0, 0.1) is 30.3 Å². The first-order valence-corrected chi connectivity index (χ1v) is 10.4. The number of benzene rings is 2. The Morgan fingerprint density at radius 1 is 1.00 bits per heavy atom. The van der Waals surface area contributed by atoms with Gasteiger partial charge >= 0.3 is 0 Å². The molecule has 15 nitrogen and oxygen atoms in total. The van der Waals surface area contributed by atoms with Crippen LogP contribution in [-0.2, 0) is 4.79 Å². The summed E-state index contributed by atoms with van der Waals surface area (Å²) in [5.41, 5.74) is 8.47. The maximum Gasteiger partial charge on any atom is 0.298 e. The number of hydrogen-bond donors (Lipinski definition) is 3. The molecule has 4 rings (SSSR count). The molecule has 0 saturated carbocycles. The number of non-ortho nitro benzene ring substituents is 2. The quantitative estimate of drug-likeness (QED) is 0.285. The Kier molecular flexibility index (Phi) is 6.28. The Morgan fingerprint density at radius 3 is 2.14 bits per heavy atom. The summed E-state index contributed by atoms with van der Waals surface area (Å²) in [4.78, 5) is 46.8. The van der Waals surface area contributed by atoms with Crippen molar-refractivity contribution in [3.8, 4) is 0 Å². The Hall–Kier alpha value is -5.34. The lowest BCUT2D eigenvalue weighted by molar-refractivity contribution is -0.432. The van der Waals surface area contributed by atoms with Crippen molar-refractivity contribution >= 4 is 23.5 Å². The van der Waals surface area contributed by atoms with Crippen LogP contribution in [-0.4, -0.2) is 44.9 Å². The molecule has 0 aromatic heterocycles. The zero-order valence-corrected chi connectivity index (χ0v) is 18.4. The van der Waals surface area contributed by atoms with E-state index in [1.807, 2.05) is 0 Å². The first-order valence-electron chi connectivity index (χ1n) is 10.4. The van der Waals surface area contributed by atoms with Crippen LogP contribution in [0.15, 0.2) is 76.5 Å². The molecule has 2 aromatic rings. The summed E-state index contributed by atoms with van der Waals surface area (Å²) >= 11 is 0. The van der Waals surface area contributed by atoms with Crippen molar-refractivity contribution in [1.29, 1.82) is 0 Å². The molecule has 1 fully saturated rings. The van der Waals surface area contributed by atoms with Crippen LogP contribution in [0.25, 0.3) is 0 Å². The van der Waals surface area contributed by atoms with Gasteiger partial charge in [0.2, 0.25) is 0 Å². The second kappa shape index (κ2) is 9.49. The number of carbonyl (C=O) groups is 1. The summed E-state index contributed by atoms with van der Waals surface area (Å²) in [6.45, 7) is 0.641. The number of nitrogens with one attached hydrogen (secondary N) is 2. The third-order valence-corrected chi connectivity index (χ3v) is 5.63. The predicted octanol–water partition coefficient (Wildman–Crippen LogP) is 1.27. The number of nitro groups is 3. The molecule has 1 unspecified atom stereocenters. The molecule has 2 aliphatic heterocycles. The van der Waals surface area contributed by atoms with Crippen molar-refractivity contribution in [3.63, 3.8) is 0 Å². The Bertz CT molecular complexity index is 1350. The fourth-order valence-corrected chi connectivity index (χ4v) is 3.99. The van der Waals surface area contributed by atoms with Crippen LogP contribution in [0.3, 0.4) is 0 Å². The van der Waals surface area contributed by atoms with Crippen LogP contribution in [0.1, 0.15) is 17.0 Å². The number of rotatable bonds is 7. The number of nitro benzene ring substituents is 2. The highest BCUT2D eigenvalue weighted by Crippen LogP contribution is 2.41. The fraction of sp³-hybridized carbons (Fsp3) is 0.143. The minimum Gasteiger partial charge on any atom is -0.385 e. The SMILES string of the molecule is NC1=C(C(=O)N/N=C/c2ccc([N+](=O)[O-])cc2)C(c2ccc([N+](=O)[O-])cc2)C([N+](=O)[O-])=C2NCCN12. The predicted molar refractivity (Wildman–Crippen MR) is 125 cm³/mol. The summed E-state index contributed by atoms with van der Waals surface area (Å²) in [5, 5.41) is 40.7. The molecule has 2 aliphatic rings. The number of carbonyl (C=O) groups excluding carboxylic acids is 1. The number of hydrazone groups is 1. The standard InChI is InChI=1S/C21H18N8O7/c22-19-17(21(30)25-24-11-12-1-5-14(6-2-12)27(31)32)16(13-3-7-15(8-4-13)28(33)34)18(29(35)36)20-23-9-10-26(19)20/h1-8,11,16,23H,9-10,22H2,(H,25,30)/b24-11+. The minimum atomic E-state index is -1.24. The summed E-state index contributed by atoms with van der Waals surface area (Å²) in [7, 11) is 0. The number of nitrogens with zero attached hydrogens (tertiary/aromatic N) is 5. The molecule has 1 amide bonds. The van der Waals surface area contributed by atoms with E-state index in [1.54, 1.807) is 0 Å². The zero-order valence-electron chi connectivity index (χ0n) is 18.4. The highest BCUT2D eigenvalue weighted by Gasteiger charge is 2.46. The average Bonchev–Trinajstić information content (AvgIpc) is 3.34. The molecule has 15 heteroatoms. The van der Waals surface area contributed by atoms with Gasteiger partial charge in [-0.15, -0.1) is 0 Å². The highest BCUT2D eigenvalue weighted by molar-refractivity contribution is 5.97. The molecule has 0 spiro atoms. The van der Waals surface area contributed by atoms with E-state index in [4.69, 9.17) is 5.73 Å². The van der Waals surface area contributed by atoms with Gasteiger partial charge in [0.25, 0.3) is 23.0 Å². The Balaban J connectivity index is 1.69. The summed E-state index contributed by atoms with van der Waals surface area (Å²) in [6, 6.07) is 10.4. The fourth-order valence-electron chi connectivity index (χ4n) is 3.99. The van der Waals surface area contributed by atoms with Crippen molar-refractivity contribution < 1.29 is 19.6 Å². The number of nitrogens with two attached hydrogens (primary N) is 1. The van der Waals surface area contributed by atoms with Gasteiger partial charge in [-0.25, -0.2) is 5.43 Å². The lowest BCUT2D eigenvalue weighted by Gasteiger charge is -2.30. The van der Waals surface area contributed by atoms with Crippen molar-refractivity contribution in [1.82, 2.24) is 15.6 Å². The van der Waals surface area contributed by atoms with Crippen LogP contribution < -0.4 is 16.5 Å². The van der Waals surface area contributed by atoms with Crippen LogP contribution >= 0.6 is 0 Å². The van der Waals surface area contributed by atoms with Crippen LogP contribution in [0.4, 0.5) is 11.4 Å². The van der Waals surface area contributed by atoms with Gasteiger partial charge in [0.15, 0.2) is 5.82 Å². The average molecular weight is 494 g/mol. The van der Waals surface area contributed by atoms with E-state index >= 15 is 0 Å². The summed E-state index contributed by atoms with van der Waals surface area (Å²) < 4.78 is 0. The summed E-state index contributed by atoms with van der Waals surface area (Å²) in [6.07, 6.45) is 1.25. The topological polar surface area (TPSA) is 212 Å². The van der Waals surface area contributed by atoms with E-state index in [2.05, 4.69) is 15.8 Å². The molecule has 0 bridgehead atoms. The molecular weight excluding hydrogens is 476 g/mol. The molecule has 2 heterocycles. The van der Waals surface area contributed by atoms with Crippen LogP contribution in [0.5, 0.6) is 0 Å². The first kappa shape index (κ1) is 23.8.